The zero-order valence-corrected chi connectivity index (χ0v) is 14.8. The molecule has 2 aliphatic rings. The Morgan fingerprint density at radius 3 is 2.96 bits per heavy atom. The summed E-state index contributed by atoms with van der Waals surface area (Å²) in [5, 5.41) is 8.50. The van der Waals surface area contributed by atoms with E-state index in [1.54, 1.807) is 13.0 Å². The number of carbonyl (C=O) groups is 1. The fraction of sp³-hybridized carbons (Fsp3) is 0.611. The molecule has 7 nitrogen and oxygen atoms in total. The SMILES string of the molecule is CCOCC1c2c(cnn2CC2CC2)CCN1C(=O)c1cc(C)on1. The first-order valence-electron chi connectivity index (χ1n) is 9.04. The highest BCUT2D eigenvalue weighted by Crippen LogP contribution is 2.35. The molecule has 134 valence electrons. The van der Waals surface area contributed by atoms with Crippen LogP contribution in [0.1, 0.15) is 53.3 Å². The van der Waals surface area contributed by atoms with Crippen molar-refractivity contribution in [1.29, 1.82) is 0 Å². The molecule has 0 saturated heterocycles. The van der Waals surface area contributed by atoms with Gasteiger partial charge in [-0.3, -0.25) is 9.48 Å². The molecule has 1 atom stereocenters. The van der Waals surface area contributed by atoms with E-state index in [1.807, 2.05) is 18.0 Å². The van der Waals surface area contributed by atoms with Crippen LogP contribution in [-0.2, 0) is 17.7 Å². The Kier molecular flexibility index (Phi) is 4.33. The molecular weight excluding hydrogens is 320 g/mol. The lowest BCUT2D eigenvalue weighted by Gasteiger charge is -2.35. The van der Waals surface area contributed by atoms with Crippen LogP contribution in [-0.4, -0.2) is 45.5 Å². The van der Waals surface area contributed by atoms with Crippen molar-refractivity contribution in [3.8, 4) is 0 Å². The Morgan fingerprint density at radius 1 is 1.44 bits per heavy atom. The molecule has 1 unspecified atom stereocenters. The monoisotopic (exact) mass is 344 g/mol. The van der Waals surface area contributed by atoms with Gasteiger partial charge in [0.25, 0.3) is 5.91 Å². The molecule has 0 bridgehead atoms. The molecule has 1 aliphatic heterocycles. The van der Waals surface area contributed by atoms with Crippen LogP contribution >= 0.6 is 0 Å². The maximum absolute atomic E-state index is 13.0. The highest BCUT2D eigenvalue weighted by molar-refractivity contribution is 5.92. The average Bonchev–Trinajstić information content (AvgIpc) is 3.17. The van der Waals surface area contributed by atoms with Crippen molar-refractivity contribution >= 4 is 5.91 Å². The number of aryl methyl sites for hydroxylation is 1. The van der Waals surface area contributed by atoms with E-state index in [1.165, 1.54) is 18.4 Å². The summed E-state index contributed by atoms with van der Waals surface area (Å²) in [6.45, 7) is 6.43. The van der Waals surface area contributed by atoms with Gasteiger partial charge in [-0.25, -0.2) is 0 Å². The van der Waals surface area contributed by atoms with E-state index >= 15 is 0 Å². The van der Waals surface area contributed by atoms with E-state index in [-0.39, 0.29) is 11.9 Å². The number of ether oxygens (including phenoxy) is 1. The Balaban J connectivity index is 1.65. The molecule has 1 amide bonds. The smallest absolute Gasteiger partial charge is 0.276 e. The Hall–Kier alpha value is -2.15. The first-order chi connectivity index (χ1) is 12.2. The van der Waals surface area contributed by atoms with Crippen molar-refractivity contribution in [2.24, 2.45) is 5.92 Å². The van der Waals surface area contributed by atoms with Crippen molar-refractivity contribution in [3.63, 3.8) is 0 Å². The molecule has 4 rings (SSSR count). The van der Waals surface area contributed by atoms with Gasteiger partial charge in [-0.05, 0) is 44.6 Å². The van der Waals surface area contributed by atoms with Gasteiger partial charge in [0, 0.05) is 25.8 Å². The summed E-state index contributed by atoms with van der Waals surface area (Å²) in [5.74, 6) is 1.26. The van der Waals surface area contributed by atoms with E-state index in [9.17, 15) is 4.79 Å². The van der Waals surface area contributed by atoms with Crippen LogP contribution in [0.2, 0.25) is 0 Å². The minimum atomic E-state index is -0.130. The number of aromatic nitrogens is 3. The van der Waals surface area contributed by atoms with Crippen LogP contribution in [0.25, 0.3) is 0 Å². The Labute approximate surface area is 146 Å². The molecule has 2 aromatic rings. The second-order valence-electron chi connectivity index (χ2n) is 6.93. The van der Waals surface area contributed by atoms with Crippen LogP contribution < -0.4 is 0 Å². The van der Waals surface area contributed by atoms with Gasteiger partial charge in [0.1, 0.15) is 5.76 Å². The van der Waals surface area contributed by atoms with Crippen LogP contribution in [0.3, 0.4) is 0 Å². The summed E-state index contributed by atoms with van der Waals surface area (Å²) in [6, 6.07) is 1.56. The highest BCUT2D eigenvalue weighted by atomic mass is 16.5. The van der Waals surface area contributed by atoms with Crippen LogP contribution in [0, 0.1) is 12.8 Å². The van der Waals surface area contributed by atoms with Gasteiger partial charge in [-0.2, -0.15) is 5.10 Å². The summed E-state index contributed by atoms with van der Waals surface area (Å²) < 4.78 is 12.9. The molecule has 3 heterocycles. The number of hydrogen-bond acceptors (Lipinski definition) is 5. The molecule has 1 aliphatic carbocycles. The Morgan fingerprint density at radius 2 is 2.28 bits per heavy atom. The van der Waals surface area contributed by atoms with E-state index in [4.69, 9.17) is 9.26 Å². The van der Waals surface area contributed by atoms with Gasteiger partial charge in [-0.15, -0.1) is 0 Å². The van der Waals surface area contributed by atoms with Crippen molar-refractivity contribution in [1.82, 2.24) is 19.8 Å². The molecule has 1 saturated carbocycles. The summed E-state index contributed by atoms with van der Waals surface area (Å²) >= 11 is 0. The molecule has 0 aromatic carbocycles. The van der Waals surface area contributed by atoms with E-state index in [2.05, 4.69) is 14.9 Å². The van der Waals surface area contributed by atoms with Gasteiger partial charge < -0.3 is 14.2 Å². The third-order valence-electron chi connectivity index (χ3n) is 4.99. The predicted octanol–water partition coefficient (Wildman–Crippen LogP) is 2.37. The molecular formula is C18H24N4O3. The Bertz CT molecular complexity index is 762. The predicted molar refractivity (Wildman–Crippen MR) is 90.2 cm³/mol. The topological polar surface area (TPSA) is 73.4 Å². The number of amides is 1. The minimum Gasteiger partial charge on any atom is -0.379 e. The standard InChI is InChI=1S/C18H24N4O3/c1-3-24-11-16-17-14(9-19-22(17)10-13-4-5-13)6-7-21(16)18(23)15-8-12(2)25-20-15/h8-9,13,16H,3-7,10-11H2,1-2H3. The maximum Gasteiger partial charge on any atom is 0.276 e. The van der Waals surface area contributed by atoms with Crippen LogP contribution in [0.15, 0.2) is 16.8 Å². The van der Waals surface area contributed by atoms with Gasteiger partial charge in [0.15, 0.2) is 5.69 Å². The first kappa shape index (κ1) is 16.3. The summed E-state index contributed by atoms with van der Waals surface area (Å²) in [5.41, 5.74) is 2.71. The number of nitrogens with zero attached hydrogens (tertiary/aromatic N) is 4. The number of hydrogen-bond donors (Lipinski definition) is 0. The lowest BCUT2D eigenvalue weighted by Crippen LogP contribution is -2.43. The van der Waals surface area contributed by atoms with Crippen molar-refractivity contribution in [2.75, 3.05) is 19.8 Å². The highest BCUT2D eigenvalue weighted by Gasteiger charge is 2.36. The van der Waals surface area contributed by atoms with Gasteiger partial charge >= 0.3 is 0 Å². The summed E-state index contributed by atoms with van der Waals surface area (Å²) in [6.07, 6.45) is 5.31. The lowest BCUT2D eigenvalue weighted by molar-refractivity contribution is 0.0390. The van der Waals surface area contributed by atoms with Gasteiger partial charge in [0.2, 0.25) is 0 Å². The zero-order chi connectivity index (χ0) is 17.4. The number of fused-ring (bicyclic) bond motifs is 1. The fourth-order valence-electron chi connectivity index (χ4n) is 3.50. The van der Waals surface area contributed by atoms with Crippen molar-refractivity contribution in [3.05, 3.63) is 35.0 Å². The zero-order valence-electron chi connectivity index (χ0n) is 14.8. The van der Waals surface area contributed by atoms with Crippen molar-refractivity contribution in [2.45, 2.75) is 45.7 Å². The summed E-state index contributed by atoms with van der Waals surface area (Å²) in [4.78, 5) is 14.8. The summed E-state index contributed by atoms with van der Waals surface area (Å²) in [7, 11) is 0. The quantitative estimate of drug-likeness (QED) is 0.804. The maximum atomic E-state index is 13.0. The van der Waals surface area contributed by atoms with Crippen LogP contribution in [0.5, 0.6) is 0 Å². The van der Waals surface area contributed by atoms with E-state index in [0.29, 0.717) is 31.2 Å². The molecule has 0 spiro atoms. The van der Waals surface area contributed by atoms with E-state index in [0.717, 1.165) is 24.6 Å². The average molecular weight is 344 g/mol. The molecule has 0 N–H and O–H groups in total. The fourth-order valence-corrected chi connectivity index (χ4v) is 3.50. The molecule has 0 radical (unpaired) electrons. The lowest BCUT2D eigenvalue weighted by atomic mass is 9.99. The molecule has 1 fully saturated rings. The van der Waals surface area contributed by atoms with E-state index < -0.39 is 0 Å². The van der Waals surface area contributed by atoms with Gasteiger partial charge in [-0.1, -0.05) is 5.16 Å². The first-order valence-corrected chi connectivity index (χ1v) is 9.04. The minimum absolute atomic E-state index is 0.105. The number of carbonyl (C=O) groups excluding carboxylic acids is 1. The molecule has 7 heteroatoms. The normalized spacial score (nSPS) is 19.9. The largest absolute Gasteiger partial charge is 0.379 e. The molecule has 2 aromatic heterocycles. The van der Waals surface area contributed by atoms with Crippen LogP contribution in [0.4, 0.5) is 0 Å². The van der Waals surface area contributed by atoms with Crippen molar-refractivity contribution < 1.29 is 14.1 Å². The van der Waals surface area contributed by atoms with Gasteiger partial charge in [0.05, 0.1) is 24.5 Å². The second-order valence-corrected chi connectivity index (χ2v) is 6.93. The molecule has 25 heavy (non-hydrogen) atoms. The second kappa shape index (κ2) is 6.63. The third-order valence-corrected chi connectivity index (χ3v) is 4.99. The number of rotatable bonds is 6. The third kappa shape index (κ3) is 3.20.